The van der Waals surface area contributed by atoms with Gasteiger partial charge in [0, 0.05) is 67.8 Å². The summed E-state index contributed by atoms with van der Waals surface area (Å²) in [7, 11) is 0. The molecule has 2 aromatic carbocycles. The quantitative estimate of drug-likeness (QED) is 0.0753. The van der Waals surface area contributed by atoms with Gasteiger partial charge in [-0.3, -0.25) is 14.4 Å². The highest BCUT2D eigenvalue weighted by atomic mass is 35.5. The first-order chi connectivity index (χ1) is 30.4. The van der Waals surface area contributed by atoms with E-state index in [0.29, 0.717) is 58.7 Å². The summed E-state index contributed by atoms with van der Waals surface area (Å²) < 4.78 is 17.7. The van der Waals surface area contributed by atoms with E-state index < -0.39 is 28.9 Å². The molecule has 0 unspecified atom stereocenters. The fourth-order valence-corrected chi connectivity index (χ4v) is 9.23. The summed E-state index contributed by atoms with van der Waals surface area (Å²) in [5.74, 6) is -0.230. The van der Waals surface area contributed by atoms with Gasteiger partial charge in [0.1, 0.15) is 42.3 Å². The molecule has 6 rings (SSSR count). The van der Waals surface area contributed by atoms with Gasteiger partial charge in [-0.2, -0.15) is 10.5 Å². The summed E-state index contributed by atoms with van der Waals surface area (Å²) in [6, 6.07) is 19.7. The van der Waals surface area contributed by atoms with Crippen molar-refractivity contribution in [1.82, 2.24) is 31.0 Å². The number of hydrogen-bond acceptors (Lipinski definition) is 13. The van der Waals surface area contributed by atoms with Crippen LogP contribution in [0.3, 0.4) is 0 Å². The number of aliphatic hydroxyl groups excluding tert-OH is 1. The lowest BCUT2D eigenvalue weighted by Gasteiger charge is -2.63. The van der Waals surface area contributed by atoms with Gasteiger partial charge in [0.05, 0.1) is 39.9 Å². The highest BCUT2D eigenvalue weighted by Gasteiger charge is 2.64. The molecule has 0 radical (unpaired) electrons. The second kappa shape index (κ2) is 20.1. The molecule has 5 N–H and O–H groups in total. The van der Waals surface area contributed by atoms with E-state index in [1.165, 1.54) is 4.90 Å². The molecule has 0 bridgehead atoms. The lowest BCUT2D eigenvalue weighted by Crippen LogP contribution is -2.74. The lowest BCUT2D eigenvalue weighted by atomic mass is 9.49. The number of carbonyl (C=O) groups excluding carboxylic acids is 3. The van der Waals surface area contributed by atoms with Crippen LogP contribution in [0.1, 0.15) is 99.7 Å². The molecule has 2 fully saturated rings. The Balaban J connectivity index is 0.915. The van der Waals surface area contributed by atoms with Crippen LogP contribution >= 0.6 is 11.6 Å². The van der Waals surface area contributed by atoms with Crippen molar-refractivity contribution in [3.05, 3.63) is 99.9 Å². The Morgan fingerprint density at radius 1 is 0.984 bits per heavy atom. The minimum atomic E-state index is -0.872. The van der Waals surface area contributed by atoms with Gasteiger partial charge in [0.2, 0.25) is 11.8 Å². The first-order valence-electron chi connectivity index (χ1n) is 21.4. The zero-order valence-corrected chi connectivity index (χ0v) is 37.9. The lowest BCUT2D eigenvalue weighted by molar-refractivity contribution is -0.164. The molecule has 4 aromatic rings. The maximum absolute atomic E-state index is 14.0. The van der Waals surface area contributed by atoms with E-state index in [-0.39, 0.29) is 67.3 Å². The van der Waals surface area contributed by atoms with Crippen LogP contribution in [0.2, 0.25) is 5.02 Å². The van der Waals surface area contributed by atoms with E-state index in [4.69, 9.17) is 30.9 Å². The summed E-state index contributed by atoms with van der Waals surface area (Å²) >= 11 is 6.23. The van der Waals surface area contributed by atoms with Crippen LogP contribution in [0, 0.1) is 39.4 Å². The molecule has 2 aromatic heterocycles. The van der Waals surface area contributed by atoms with Gasteiger partial charge in [-0.15, -0.1) is 0 Å². The normalized spacial score (nSPS) is 20.5. The third kappa shape index (κ3) is 10.6. The average molecular weight is 894 g/mol. The first kappa shape index (κ1) is 47.3. The molecule has 16 nitrogen and oxygen atoms in total. The number of anilines is 1. The number of aromatic nitrogens is 2. The second-order valence-corrected chi connectivity index (χ2v) is 18.3. The largest absolute Gasteiger partial charge is 0.489 e. The predicted octanol–water partition coefficient (Wildman–Crippen LogP) is 5.74. The van der Waals surface area contributed by atoms with Crippen LogP contribution in [-0.4, -0.2) is 94.9 Å². The smallest absolute Gasteiger partial charge is 0.254 e. The van der Waals surface area contributed by atoms with Gasteiger partial charge in [-0.25, -0.2) is 4.98 Å². The van der Waals surface area contributed by atoms with Crippen molar-refractivity contribution in [2.24, 2.45) is 16.7 Å². The van der Waals surface area contributed by atoms with Crippen LogP contribution in [-0.2, 0) is 9.59 Å². The van der Waals surface area contributed by atoms with E-state index in [2.05, 4.69) is 43.5 Å². The number of ether oxygens (including phenoxy) is 2. The zero-order valence-electron chi connectivity index (χ0n) is 37.1. The van der Waals surface area contributed by atoms with Crippen LogP contribution in [0.25, 0.3) is 0 Å². The summed E-state index contributed by atoms with van der Waals surface area (Å²) in [6.07, 6.45) is 0.568. The molecule has 3 heterocycles. The van der Waals surface area contributed by atoms with E-state index >= 15 is 0 Å². The zero-order chi connectivity index (χ0) is 46.3. The summed E-state index contributed by atoms with van der Waals surface area (Å²) in [5, 5.41) is 45.9. The number of nitriles is 2. The number of rotatable bonds is 18. The minimum absolute atomic E-state index is 0.0118. The third-order valence-electron chi connectivity index (χ3n) is 12.1. The van der Waals surface area contributed by atoms with Gasteiger partial charge in [-0.05, 0) is 60.0 Å². The van der Waals surface area contributed by atoms with E-state index in [1.807, 2.05) is 48.5 Å². The standard InChI is InChI=1S/C47H56ClN9O7/c1-27(2)40(43(61)57-26-33(58)20-36(57)42(60)54-28(3)30-10-8-29(23-49)9-11-30)37-22-39(56-64-37)62-19-18-51-16-17-52-38-15-13-32(25-53-38)41(59)55-44-46(4,5)45(47(44,6)7)63-34-14-12-31(24-50)35(48)21-34/h8-15,21-22,25,27-28,33,36,40,44-45,51,58H,16-20,26H2,1-7H3,(H,52,53)(H,54,60)(H,55,59)/t28-,33+,36-,40-,44?,45?/m0/s1. The van der Waals surface area contributed by atoms with Crippen molar-refractivity contribution >= 4 is 35.1 Å². The molecule has 64 heavy (non-hydrogen) atoms. The van der Waals surface area contributed by atoms with E-state index in [1.54, 1.807) is 66.9 Å². The van der Waals surface area contributed by atoms with Crippen molar-refractivity contribution < 1.29 is 33.5 Å². The first-order valence-corrected chi connectivity index (χ1v) is 21.8. The predicted molar refractivity (Wildman–Crippen MR) is 238 cm³/mol. The van der Waals surface area contributed by atoms with Crippen molar-refractivity contribution in [3.63, 3.8) is 0 Å². The maximum atomic E-state index is 14.0. The van der Waals surface area contributed by atoms with E-state index in [0.717, 1.165) is 5.56 Å². The van der Waals surface area contributed by atoms with Gasteiger partial charge >= 0.3 is 0 Å². The van der Waals surface area contributed by atoms with Crippen LogP contribution in [0.4, 0.5) is 5.82 Å². The molecule has 0 spiro atoms. The number of likely N-dealkylation sites (tertiary alicyclic amines) is 1. The molecule has 338 valence electrons. The van der Waals surface area contributed by atoms with Gasteiger partial charge in [-0.1, -0.05) is 65.3 Å². The molecular weight excluding hydrogens is 838 g/mol. The van der Waals surface area contributed by atoms with Gasteiger partial charge in [0.25, 0.3) is 11.8 Å². The number of nitrogens with one attached hydrogen (secondary N) is 4. The van der Waals surface area contributed by atoms with Crippen molar-refractivity contribution in [2.45, 2.75) is 91.1 Å². The summed E-state index contributed by atoms with van der Waals surface area (Å²) in [4.78, 5) is 46.6. The summed E-state index contributed by atoms with van der Waals surface area (Å²) in [6.45, 7) is 15.7. The Hall–Kier alpha value is -6.20. The molecule has 17 heteroatoms. The molecule has 1 aliphatic carbocycles. The topological polar surface area (TPSA) is 228 Å². The van der Waals surface area contributed by atoms with E-state index in [9.17, 15) is 24.8 Å². The molecular formula is C47H56ClN9O7. The van der Waals surface area contributed by atoms with Crippen molar-refractivity contribution in [2.75, 3.05) is 38.1 Å². The Morgan fingerprint density at radius 3 is 2.36 bits per heavy atom. The maximum Gasteiger partial charge on any atom is 0.254 e. The highest BCUT2D eigenvalue weighted by molar-refractivity contribution is 6.31. The third-order valence-corrected chi connectivity index (χ3v) is 12.4. The van der Waals surface area contributed by atoms with Gasteiger partial charge in [0.15, 0.2) is 5.76 Å². The van der Waals surface area contributed by atoms with Crippen molar-refractivity contribution in [3.8, 4) is 23.8 Å². The molecule has 4 atom stereocenters. The number of benzene rings is 2. The van der Waals surface area contributed by atoms with Crippen LogP contribution in [0.15, 0.2) is 71.4 Å². The number of aliphatic hydroxyl groups is 1. The number of hydrogen-bond donors (Lipinski definition) is 5. The summed E-state index contributed by atoms with van der Waals surface area (Å²) in [5.41, 5.74) is 1.33. The van der Waals surface area contributed by atoms with Crippen molar-refractivity contribution in [1.29, 1.82) is 10.5 Å². The van der Waals surface area contributed by atoms with Crippen LogP contribution < -0.4 is 30.7 Å². The number of nitrogens with zero attached hydrogens (tertiary/aromatic N) is 5. The van der Waals surface area contributed by atoms with Gasteiger partial charge < -0.3 is 45.3 Å². The fraction of sp³-hybridized carbons (Fsp3) is 0.468. The Morgan fingerprint density at radius 2 is 1.72 bits per heavy atom. The molecule has 1 saturated heterocycles. The SMILES string of the molecule is CC(C)[C@H](C(=O)N1C[C@H](O)C[C@H]1C(=O)N[C@@H](C)c1ccc(C#N)cc1)c1cc(OCCNCCNc2ccc(C(=O)NC3C(C)(C)C(Oc4ccc(C#N)c(Cl)c4)C3(C)C)cn2)no1. The average Bonchev–Trinajstić information content (AvgIpc) is 3.90. The Labute approximate surface area is 378 Å². The second-order valence-electron chi connectivity index (χ2n) is 17.9. The number of amides is 3. The molecule has 2 aliphatic rings. The fourth-order valence-electron chi connectivity index (χ4n) is 9.02. The molecule has 1 aliphatic heterocycles. The number of carbonyl (C=O) groups is 3. The number of halogens is 1. The minimum Gasteiger partial charge on any atom is -0.489 e. The molecule has 3 amide bonds. The van der Waals surface area contributed by atoms with Crippen LogP contribution in [0.5, 0.6) is 11.6 Å². The monoisotopic (exact) mass is 893 g/mol. The Kier molecular flexibility index (Phi) is 14.9. The highest BCUT2D eigenvalue weighted by Crippen LogP contribution is 2.55. The molecule has 1 saturated carbocycles. The number of pyridine rings is 1. The Bertz CT molecular complexity index is 2360. The number of β-amino-alcohol motifs (C(OH)–C–C–N with tert-alkyl or cyclic N) is 1.